The number of allylic oxidation sites excluding steroid dienone is 2. The molecule has 5 aliphatic rings. The Morgan fingerprint density at radius 2 is 1.76 bits per heavy atom. The summed E-state index contributed by atoms with van der Waals surface area (Å²) >= 11 is 0. The van der Waals surface area contributed by atoms with Gasteiger partial charge in [0.05, 0.1) is 11.7 Å². The predicted molar refractivity (Wildman–Crippen MR) is 137 cm³/mol. The number of esters is 1. The van der Waals surface area contributed by atoms with Crippen molar-refractivity contribution in [2.24, 2.45) is 46.3 Å². The highest BCUT2D eigenvalue weighted by Crippen LogP contribution is 2.67. The molecule has 10 atom stereocenters. The molecule has 0 spiro atoms. The first-order valence-electron chi connectivity index (χ1n) is 14.6. The minimum Gasteiger partial charge on any atom is -0.463 e. The van der Waals surface area contributed by atoms with Gasteiger partial charge in [0.2, 0.25) is 0 Å². The molecule has 1 heterocycles. The SMILES string of the molecule is CC(=O)O[C@H]1CC[C@@]2(C)[C@@H](CC=C3[C@@H]2CC[C@]2(C)[C@@H]([C@H](C)CC[C@@]4(C(C)C)O[C@@H]4C)CC[C@@H]32)C1. The Bertz CT molecular complexity index is 831. The van der Waals surface area contributed by atoms with Crippen LogP contribution in [-0.4, -0.2) is 23.8 Å². The van der Waals surface area contributed by atoms with Crippen LogP contribution in [0.15, 0.2) is 11.6 Å². The third-order valence-electron chi connectivity index (χ3n) is 12.1. The molecule has 3 heteroatoms. The highest BCUT2D eigenvalue weighted by Gasteiger charge is 2.59. The molecule has 0 bridgehead atoms. The molecule has 1 aliphatic heterocycles. The van der Waals surface area contributed by atoms with Gasteiger partial charge in [0.1, 0.15) is 6.10 Å². The number of epoxide rings is 1. The van der Waals surface area contributed by atoms with Gasteiger partial charge in [-0.2, -0.15) is 0 Å². The van der Waals surface area contributed by atoms with E-state index in [4.69, 9.17) is 9.47 Å². The van der Waals surface area contributed by atoms with E-state index in [1.807, 2.05) is 5.57 Å². The van der Waals surface area contributed by atoms with Crippen LogP contribution >= 0.6 is 0 Å². The van der Waals surface area contributed by atoms with Gasteiger partial charge in [-0.15, -0.1) is 0 Å². The standard InChI is InChI=1S/C31H50O3/c1-19(2)31(21(4)34-31)17-12-20(3)26-10-11-27-25-9-8-23-18-24(33-22(5)32)13-15-29(23,6)28(25)14-16-30(26,27)7/h9,19-21,23-24,26-28H,8,10-18H2,1-7H3/t20-,21-,23+,24+,26-,27+,28+,29+,30-,31+/m1/s1. The minimum atomic E-state index is -0.109. The Kier molecular flexibility index (Phi) is 6.31. The van der Waals surface area contributed by atoms with E-state index in [1.54, 1.807) is 6.92 Å². The quantitative estimate of drug-likeness (QED) is 0.226. The lowest BCUT2D eigenvalue weighted by Crippen LogP contribution is -2.50. The van der Waals surface area contributed by atoms with E-state index in [9.17, 15) is 4.79 Å². The molecular weight excluding hydrogens is 420 g/mol. The number of hydrogen-bond donors (Lipinski definition) is 0. The summed E-state index contributed by atoms with van der Waals surface area (Å²) in [5.41, 5.74) is 2.87. The summed E-state index contributed by atoms with van der Waals surface area (Å²) in [4.78, 5) is 11.5. The molecular formula is C31H50O3. The average Bonchev–Trinajstić information content (AvgIpc) is 3.30. The molecule has 0 aromatic rings. The minimum absolute atomic E-state index is 0.109. The fourth-order valence-electron chi connectivity index (χ4n) is 9.90. The maximum atomic E-state index is 11.5. The predicted octanol–water partition coefficient (Wildman–Crippen LogP) is 7.73. The van der Waals surface area contributed by atoms with Crippen molar-refractivity contribution in [3.05, 3.63) is 11.6 Å². The smallest absolute Gasteiger partial charge is 0.302 e. The fraction of sp³-hybridized carbons (Fsp3) is 0.903. The van der Waals surface area contributed by atoms with Gasteiger partial charge in [0.15, 0.2) is 0 Å². The zero-order valence-electron chi connectivity index (χ0n) is 23.0. The van der Waals surface area contributed by atoms with Crippen LogP contribution in [0.1, 0.15) is 113 Å². The molecule has 0 radical (unpaired) electrons. The molecule has 3 nitrogen and oxygen atoms in total. The van der Waals surface area contributed by atoms with Crippen LogP contribution in [0, 0.1) is 46.3 Å². The van der Waals surface area contributed by atoms with Crippen molar-refractivity contribution in [2.45, 2.75) is 130 Å². The number of carbonyl (C=O) groups excluding carboxylic acids is 1. The van der Waals surface area contributed by atoms with Gasteiger partial charge in [-0.3, -0.25) is 4.79 Å². The monoisotopic (exact) mass is 470 g/mol. The largest absolute Gasteiger partial charge is 0.463 e. The van der Waals surface area contributed by atoms with Gasteiger partial charge < -0.3 is 9.47 Å². The Morgan fingerprint density at radius 3 is 2.41 bits per heavy atom. The molecule has 4 aliphatic carbocycles. The van der Waals surface area contributed by atoms with Gasteiger partial charge in [-0.25, -0.2) is 0 Å². The van der Waals surface area contributed by atoms with E-state index in [1.165, 1.54) is 51.4 Å². The second-order valence-electron chi connectivity index (χ2n) is 13.9. The number of fused-ring (bicyclic) bond motifs is 5. The molecule has 0 amide bonds. The van der Waals surface area contributed by atoms with E-state index in [0.717, 1.165) is 36.5 Å². The summed E-state index contributed by atoms with van der Waals surface area (Å²) in [6, 6.07) is 0. The summed E-state index contributed by atoms with van der Waals surface area (Å²) in [7, 11) is 0. The van der Waals surface area contributed by atoms with Crippen LogP contribution in [0.5, 0.6) is 0 Å². The van der Waals surface area contributed by atoms with Crippen LogP contribution < -0.4 is 0 Å². The van der Waals surface area contributed by atoms with Crippen molar-refractivity contribution in [1.29, 1.82) is 0 Å². The first-order chi connectivity index (χ1) is 16.0. The van der Waals surface area contributed by atoms with Gasteiger partial charge in [-0.1, -0.05) is 46.3 Å². The van der Waals surface area contributed by atoms with Crippen LogP contribution in [0.4, 0.5) is 0 Å². The molecule has 0 unspecified atom stereocenters. The lowest BCUT2D eigenvalue weighted by atomic mass is 9.47. The second-order valence-corrected chi connectivity index (χ2v) is 13.9. The topological polar surface area (TPSA) is 38.8 Å². The van der Waals surface area contributed by atoms with E-state index < -0.39 is 0 Å². The summed E-state index contributed by atoms with van der Waals surface area (Å²) in [6.45, 7) is 16.3. The van der Waals surface area contributed by atoms with Crippen LogP contribution in [-0.2, 0) is 14.3 Å². The zero-order chi connectivity index (χ0) is 24.5. The fourth-order valence-corrected chi connectivity index (χ4v) is 9.90. The van der Waals surface area contributed by atoms with Crippen molar-refractivity contribution < 1.29 is 14.3 Å². The second kappa shape index (κ2) is 8.63. The van der Waals surface area contributed by atoms with Gasteiger partial charge in [-0.05, 0) is 117 Å². The molecule has 0 aromatic carbocycles. The number of rotatable bonds is 6. The lowest BCUT2D eigenvalue weighted by molar-refractivity contribution is -0.152. The van der Waals surface area contributed by atoms with E-state index in [0.29, 0.717) is 28.8 Å². The van der Waals surface area contributed by atoms with Crippen LogP contribution in [0.3, 0.4) is 0 Å². The lowest BCUT2D eigenvalue weighted by Gasteiger charge is -2.58. The molecule has 1 saturated heterocycles. The van der Waals surface area contributed by atoms with Gasteiger partial charge in [0, 0.05) is 6.92 Å². The van der Waals surface area contributed by atoms with E-state index in [2.05, 4.69) is 47.6 Å². The van der Waals surface area contributed by atoms with Crippen molar-refractivity contribution in [3.63, 3.8) is 0 Å². The van der Waals surface area contributed by atoms with Crippen molar-refractivity contribution in [3.8, 4) is 0 Å². The van der Waals surface area contributed by atoms with E-state index >= 15 is 0 Å². The van der Waals surface area contributed by atoms with Crippen molar-refractivity contribution in [1.82, 2.24) is 0 Å². The molecule has 34 heavy (non-hydrogen) atoms. The number of hydrogen-bond acceptors (Lipinski definition) is 3. The summed E-state index contributed by atoms with van der Waals surface area (Å²) in [5, 5.41) is 0. The number of ether oxygens (including phenoxy) is 2. The first-order valence-corrected chi connectivity index (χ1v) is 14.6. The Balaban J connectivity index is 1.28. The zero-order valence-corrected chi connectivity index (χ0v) is 23.0. The van der Waals surface area contributed by atoms with Crippen LogP contribution in [0.2, 0.25) is 0 Å². The molecule has 192 valence electrons. The Labute approximate surface area is 208 Å². The van der Waals surface area contributed by atoms with Crippen LogP contribution in [0.25, 0.3) is 0 Å². The summed E-state index contributed by atoms with van der Waals surface area (Å²) in [6.07, 6.45) is 15.9. The average molecular weight is 471 g/mol. The Hall–Kier alpha value is -0.830. The molecule has 4 fully saturated rings. The molecule has 0 N–H and O–H groups in total. The number of carbonyl (C=O) groups is 1. The third kappa shape index (κ3) is 3.82. The van der Waals surface area contributed by atoms with Crippen molar-refractivity contribution >= 4 is 5.97 Å². The van der Waals surface area contributed by atoms with Gasteiger partial charge >= 0.3 is 5.97 Å². The van der Waals surface area contributed by atoms with Gasteiger partial charge in [0.25, 0.3) is 0 Å². The molecule has 5 rings (SSSR count). The summed E-state index contributed by atoms with van der Waals surface area (Å²) < 4.78 is 11.8. The maximum absolute atomic E-state index is 11.5. The molecule has 0 aromatic heterocycles. The maximum Gasteiger partial charge on any atom is 0.302 e. The highest BCUT2D eigenvalue weighted by molar-refractivity contribution is 5.66. The normalized spacial score (nSPS) is 48.4. The summed E-state index contributed by atoms with van der Waals surface area (Å²) in [5.74, 6) is 4.36. The first kappa shape index (κ1) is 24.8. The molecule has 3 saturated carbocycles. The Morgan fingerprint density at radius 1 is 1.09 bits per heavy atom. The van der Waals surface area contributed by atoms with E-state index in [-0.39, 0.29) is 17.7 Å². The highest BCUT2D eigenvalue weighted by atomic mass is 16.6. The van der Waals surface area contributed by atoms with Crippen molar-refractivity contribution in [2.75, 3.05) is 0 Å². The third-order valence-corrected chi connectivity index (χ3v) is 12.1.